The number of hydrogen-bond donors (Lipinski definition) is 1. The Balaban J connectivity index is 2.53. The van der Waals surface area contributed by atoms with E-state index >= 15 is 0 Å². The van der Waals surface area contributed by atoms with Crippen LogP contribution in [0.3, 0.4) is 0 Å². The maximum Gasteiger partial charge on any atom is 0.305 e. The van der Waals surface area contributed by atoms with Gasteiger partial charge >= 0.3 is 5.97 Å². The standard InChI is InChI=1S/C14H23N3O3/c1-14(2,3)13(20)17(9-5-12(18)19)8-4-7-16-10-6-15-11-16/h6,10-11H,4-5,7-9H2,1-3H3,(H,18,19). The Morgan fingerprint density at radius 3 is 2.50 bits per heavy atom. The van der Waals surface area contributed by atoms with Crippen LogP contribution in [0.25, 0.3) is 0 Å². The highest BCUT2D eigenvalue weighted by Crippen LogP contribution is 2.18. The fourth-order valence-electron chi connectivity index (χ4n) is 1.88. The Kier molecular flexibility index (Phi) is 5.73. The van der Waals surface area contributed by atoms with Gasteiger partial charge in [-0.05, 0) is 6.42 Å². The second-order valence-electron chi connectivity index (χ2n) is 5.84. The van der Waals surface area contributed by atoms with Crippen molar-refractivity contribution in [1.82, 2.24) is 14.5 Å². The minimum Gasteiger partial charge on any atom is -0.481 e. The number of aryl methyl sites for hydroxylation is 1. The number of aliphatic carboxylic acids is 1. The fourth-order valence-corrected chi connectivity index (χ4v) is 1.88. The summed E-state index contributed by atoms with van der Waals surface area (Å²) in [7, 11) is 0. The lowest BCUT2D eigenvalue weighted by molar-refractivity contribution is -0.142. The second-order valence-corrected chi connectivity index (χ2v) is 5.84. The molecule has 0 saturated carbocycles. The molecule has 1 rings (SSSR count). The summed E-state index contributed by atoms with van der Waals surface area (Å²) in [6.07, 6.45) is 6.06. The summed E-state index contributed by atoms with van der Waals surface area (Å²) in [5.41, 5.74) is -0.493. The largest absolute Gasteiger partial charge is 0.481 e. The van der Waals surface area contributed by atoms with Crippen molar-refractivity contribution in [3.63, 3.8) is 0 Å². The first kappa shape index (κ1) is 16.2. The van der Waals surface area contributed by atoms with Crippen molar-refractivity contribution < 1.29 is 14.7 Å². The molecule has 1 heterocycles. The van der Waals surface area contributed by atoms with Gasteiger partial charge in [0.05, 0.1) is 12.7 Å². The summed E-state index contributed by atoms with van der Waals surface area (Å²) >= 11 is 0. The van der Waals surface area contributed by atoms with Crippen LogP contribution < -0.4 is 0 Å². The molecule has 6 heteroatoms. The average Bonchev–Trinajstić information content (AvgIpc) is 2.84. The lowest BCUT2D eigenvalue weighted by atomic mass is 9.94. The van der Waals surface area contributed by atoms with Crippen LogP contribution >= 0.6 is 0 Å². The number of carboxylic acid groups (broad SMARTS) is 1. The molecule has 0 aliphatic heterocycles. The average molecular weight is 281 g/mol. The van der Waals surface area contributed by atoms with Crippen molar-refractivity contribution in [3.05, 3.63) is 18.7 Å². The maximum atomic E-state index is 12.3. The number of carbonyl (C=O) groups is 2. The summed E-state index contributed by atoms with van der Waals surface area (Å²) in [6.45, 7) is 7.12. The van der Waals surface area contributed by atoms with Gasteiger partial charge in [0.25, 0.3) is 0 Å². The Morgan fingerprint density at radius 1 is 1.30 bits per heavy atom. The normalized spacial score (nSPS) is 11.3. The highest BCUT2D eigenvalue weighted by molar-refractivity contribution is 5.82. The third-order valence-corrected chi connectivity index (χ3v) is 2.93. The van der Waals surface area contributed by atoms with Crippen LogP contribution in [0, 0.1) is 5.41 Å². The lowest BCUT2D eigenvalue weighted by Crippen LogP contribution is -2.41. The van der Waals surface area contributed by atoms with E-state index in [-0.39, 0.29) is 18.9 Å². The molecule has 1 amide bonds. The topological polar surface area (TPSA) is 75.4 Å². The van der Waals surface area contributed by atoms with E-state index in [0.717, 1.165) is 13.0 Å². The number of carboxylic acids is 1. The molecule has 0 atom stereocenters. The smallest absolute Gasteiger partial charge is 0.305 e. The molecule has 1 aromatic heterocycles. The van der Waals surface area contributed by atoms with Gasteiger partial charge in [0.2, 0.25) is 5.91 Å². The molecule has 0 radical (unpaired) electrons. The first-order chi connectivity index (χ1) is 9.30. The number of nitrogens with zero attached hydrogens (tertiary/aromatic N) is 3. The molecule has 0 bridgehead atoms. The number of carbonyl (C=O) groups excluding carboxylic acids is 1. The van der Waals surface area contributed by atoms with Crippen LogP contribution in [0.5, 0.6) is 0 Å². The van der Waals surface area contributed by atoms with Crippen molar-refractivity contribution >= 4 is 11.9 Å². The quantitative estimate of drug-likeness (QED) is 0.824. The SMILES string of the molecule is CC(C)(C)C(=O)N(CCCn1ccnc1)CCC(=O)O. The Labute approximate surface area is 119 Å². The molecule has 112 valence electrons. The van der Waals surface area contributed by atoms with Gasteiger partial charge < -0.3 is 14.6 Å². The van der Waals surface area contributed by atoms with Crippen molar-refractivity contribution in [2.75, 3.05) is 13.1 Å². The third kappa shape index (κ3) is 5.42. The summed E-state index contributed by atoms with van der Waals surface area (Å²) in [5.74, 6) is -0.893. The summed E-state index contributed by atoms with van der Waals surface area (Å²) < 4.78 is 1.94. The molecule has 0 spiro atoms. The predicted octanol–water partition coefficient (Wildman–Crippen LogP) is 1.62. The monoisotopic (exact) mass is 281 g/mol. The van der Waals surface area contributed by atoms with Gasteiger partial charge in [-0.2, -0.15) is 0 Å². The summed E-state index contributed by atoms with van der Waals surface area (Å²) in [4.78, 5) is 28.6. The number of amides is 1. The second kappa shape index (κ2) is 7.07. The van der Waals surface area contributed by atoms with Gasteiger partial charge in [0.1, 0.15) is 0 Å². The first-order valence-electron chi connectivity index (χ1n) is 6.77. The molecule has 1 N–H and O–H groups in total. The maximum absolute atomic E-state index is 12.3. The van der Waals surface area contributed by atoms with E-state index in [1.54, 1.807) is 17.4 Å². The van der Waals surface area contributed by atoms with Crippen LogP contribution in [0.15, 0.2) is 18.7 Å². The lowest BCUT2D eigenvalue weighted by Gasteiger charge is -2.29. The number of rotatable bonds is 7. The molecule has 6 nitrogen and oxygen atoms in total. The Morgan fingerprint density at radius 2 is 2.00 bits per heavy atom. The summed E-state index contributed by atoms with van der Waals surface area (Å²) in [6, 6.07) is 0. The van der Waals surface area contributed by atoms with Crippen LogP contribution in [-0.2, 0) is 16.1 Å². The van der Waals surface area contributed by atoms with Crippen molar-refractivity contribution in [3.8, 4) is 0 Å². The molecule has 1 aromatic rings. The zero-order valence-corrected chi connectivity index (χ0v) is 12.4. The van der Waals surface area contributed by atoms with Crippen molar-refractivity contribution in [2.24, 2.45) is 5.41 Å². The molecule has 0 fully saturated rings. The molecular weight excluding hydrogens is 258 g/mol. The molecule has 0 saturated heterocycles. The molecule has 20 heavy (non-hydrogen) atoms. The van der Waals surface area contributed by atoms with Crippen LogP contribution in [-0.4, -0.2) is 44.5 Å². The third-order valence-electron chi connectivity index (χ3n) is 2.93. The predicted molar refractivity (Wildman–Crippen MR) is 75.1 cm³/mol. The van der Waals surface area contributed by atoms with Gasteiger partial charge in [0.15, 0.2) is 0 Å². The summed E-state index contributed by atoms with van der Waals surface area (Å²) in [5, 5.41) is 8.77. The van der Waals surface area contributed by atoms with Gasteiger partial charge in [-0.15, -0.1) is 0 Å². The van der Waals surface area contributed by atoms with Gasteiger partial charge in [-0.25, -0.2) is 4.98 Å². The van der Waals surface area contributed by atoms with E-state index in [0.29, 0.717) is 6.54 Å². The van der Waals surface area contributed by atoms with Crippen LogP contribution in [0.2, 0.25) is 0 Å². The Hall–Kier alpha value is -1.85. The van der Waals surface area contributed by atoms with Crippen LogP contribution in [0.1, 0.15) is 33.6 Å². The zero-order chi connectivity index (χ0) is 15.2. The van der Waals surface area contributed by atoms with Crippen molar-refractivity contribution in [1.29, 1.82) is 0 Å². The van der Waals surface area contributed by atoms with E-state index in [1.807, 2.05) is 31.5 Å². The van der Waals surface area contributed by atoms with Gasteiger partial charge in [-0.3, -0.25) is 9.59 Å². The van der Waals surface area contributed by atoms with Crippen molar-refractivity contribution in [2.45, 2.75) is 40.2 Å². The highest BCUT2D eigenvalue weighted by atomic mass is 16.4. The van der Waals surface area contributed by atoms with E-state index in [4.69, 9.17) is 5.11 Å². The fraction of sp³-hybridized carbons (Fsp3) is 0.643. The minimum absolute atomic E-state index is 0.00983. The zero-order valence-electron chi connectivity index (χ0n) is 12.4. The number of hydrogen-bond acceptors (Lipinski definition) is 3. The number of imidazole rings is 1. The van der Waals surface area contributed by atoms with E-state index in [1.165, 1.54) is 0 Å². The minimum atomic E-state index is -0.883. The first-order valence-corrected chi connectivity index (χ1v) is 6.77. The molecule has 0 aliphatic rings. The molecule has 0 aromatic carbocycles. The van der Waals surface area contributed by atoms with Gasteiger partial charge in [-0.1, -0.05) is 20.8 Å². The molecule has 0 aliphatic carbocycles. The van der Waals surface area contributed by atoms with Crippen LogP contribution in [0.4, 0.5) is 0 Å². The molecule has 0 unspecified atom stereocenters. The van der Waals surface area contributed by atoms with E-state index in [9.17, 15) is 9.59 Å². The highest BCUT2D eigenvalue weighted by Gasteiger charge is 2.27. The molecular formula is C14H23N3O3. The van der Waals surface area contributed by atoms with Gasteiger partial charge in [0, 0.05) is 37.4 Å². The Bertz CT molecular complexity index is 435. The number of aromatic nitrogens is 2. The van der Waals surface area contributed by atoms with E-state index < -0.39 is 11.4 Å². The van der Waals surface area contributed by atoms with E-state index in [2.05, 4.69) is 4.98 Å².